The minimum absolute atomic E-state index is 0.503. The van der Waals surface area contributed by atoms with Crippen LogP contribution >= 0.6 is 0 Å². The number of benzene rings is 1. The fourth-order valence-corrected chi connectivity index (χ4v) is 2.71. The van der Waals surface area contributed by atoms with Crippen molar-refractivity contribution >= 4 is 0 Å². The van der Waals surface area contributed by atoms with E-state index in [0.29, 0.717) is 11.8 Å². The number of aromatic nitrogens is 2. The number of nitrogens with zero attached hydrogens (tertiary/aromatic N) is 1. The maximum absolute atomic E-state index is 4.12. The molecule has 1 aliphatic rings. The second-order valence-electron chi connectivity index (χ2n) is 4.36. The maximum atomic E-state index is 4.12. The van der Waals surface area contributed by atoms with Gasteiger partial charge in [0.05, 0.1) is 6.33 Å². The number of H-pyrrole nitrogens is 1. The predicted octanol–water partition coefficient (Wildman–Crippen LogP) is 2.73. The Hall–Kier alpha value is -1.57. The first kappa shape index (κ1) is 8.72. The van der Waals surface area contributed by atoms with E-state index in [2.05, 4.69) is 41.2 Å². The van der Waals surface area contributed by atoms with Gasteiger partial charge in [-0.05, 0) is 23.5 Å². The molecule has 2 atom stereocenters. The summed E-state index contributed by atoms with van der Waals surface area (Å²) in [6.45, 7) is 2.31. The molecule has 0 bridgehead atoms. The molecule has 0 aliphatic heterocycles. The standard InChI is InChI=1S/C13H14N2/c1-9-6-10-4-2-3-5-11(10)13(9)12-7-14-8-15-12/h2-5,7-9,13H,6H2,1H3,(H,14,15). The quantitative estimate of drug-likeness (QED) is 0.750. The molecule has 1 aromatic carbocycles. The van der Waals surface area contributed by atoms with Gasteiger partial charge < -0.3 is 4.98 Å². The zero-order chi connectivity index (χ0) is 10.3. The highest BCUT2D eigenvalue weighted by molar-refractivity contribution is 5.40. The third-order valence-corrected chi connectivity index (χ3v) is 3.36. The molecular formula is C13H14N2. The largest absolute Gasteiger partial charge is 0.348 e. The smallest absolute Gasteiger partial charge is 0.0921 e. The fourth-order valence-electron chi connectivity index (χ4n) is 2.71. The van der Waals surface area contributed by atoms with Crippen LogP contribution in [-0.4, -0.2) is 9.97 Å². The van der Waals surface area contributed by atoms with Crippen LogP contribution < -0.4 is 0 Å². The molecule has 2 heteroatoms. The Morgan fingerprint density at radius 1 is 1.33 bits per heavy atom. The molecule has 1 aromatic heterocycles. The van der Waals surface area contributed by atoms with Crippen molar-refractivity contribution in [2.45, 2.75) is 19.3 Å². The van der Waals surface area contributed by atoms with Crippen molar-refractivity contribution in [3.63, 3.8) is 0 Å². The van der Waals surface area contributed by atoms with E-state index in [1.807, 2.05) is 6.20 Å². The first-order chi connectivity index (χ1) is 7.36. The maximum Gasteiger partial charge on any atom is 0.0921 e. The Bertz CT molecular complexity index is 459. The van der Waals surface area contributed by atoms with Gasteiger partial charge in [-0.15, -0.1) is 0 Å². The highest BCUT2D eigenvalue weighted by Gasteiger charge is 2.30. The van der Waals surface area contributed by atoms with Crippen LogP contribution in [0.5, 0.6) is 0 Å². The van der Waals surface area contributed by atoms with E-state index in [9.17, 15) is 0 Å². The molecule has 0 radical (unpaired) electrons. The fraction of sp³-hybridized carbons (Fsp3) is 0.308. The SMILES string of the molecule is CC1Cc2ccccc2C1c1cnc[nH]1. The number of hydrogen-bond donors (Lipinski definition) is 1. The van der Waals surface area contributed by atoms with Crippen LogP contribution in [0.4, 0.5) is 0 Å². The number of rotatable bonds is 1. The second-order valence-corrected chi connectivity index (χ2v) is 4.36. The normalized spacial score (nSPS) is 24.1. The molecule has 2 nitrogen and oxygen atoms in total. The number of nitrogens with one attached hydrogen (secondary N) is 1. The van der Waals surface area contributed by atoms with Crippen LogP contribution in [0.1, 0.15) is 29.7 Å². The molecule has 2 aromatic rings. The van der Waals surface area contributed by atoms with Crippen molar-refractivity contribution in [1.29, 1.82) is 0 Å². The zero-order valence-corrected chi connectivity index (χ0v) is 8.77. The molecule has 1 aliphatic carbocycles. The van der Waals surface area contributed by atoms with Crippen molar-refractivity contribution < 1.29 is 0 Å². The summed E-state index contributed by atoms with van der Waals surface area (Å²) in [6.07, 6.45) is 4.89. The van der Waals surface area contributed by atoms with Gasteiger partial charge in [0, 0.05) is 17.8 Å². The highest BCUT2D eigenvalue weighted by Crippen LogP contribution is 2.40. The number of hydrogen-bond acceptors (Lipinski definition) is 1. The van der Waals surface area contributed by atoms with Gasteiger partial charge in [-0.3, -0.25) is 0 Å². The van der Waals surface area contributed by atoms with Crippen LogP contribution in [-0.2, 0) is 6.42 Å². The van der Waals surface area contributed by atoms with Crippen molar-refractivity contribution in [2.24, 2.45) is 5.92 Å². The minimum Gasteiger partial charge on any atom is -0.348 e. The molecular weight excluding hydrogens is 184 g/mol. The monoisotopic (exact) mass is 198 g/mol. The predicted molar refractivity (Wildman–Crippen MR) is 59.7 cm³/mol. The van der Waals surface area contributed by atoms with E-state index in [1.165, 1.54) is 23.2 Å². The topological polar surface area (TPSA) is 28.7 Å². The van der Waals surface area contributed by atoms with E-state index in [4.69, 9.17) is 0 Å². The van der Waals surface area contributed by atoms with Crippen LogP contribution in [0, 0.1) is 5.92 Å². The third kappa shape index (κ3) is 1.29. The van der Waals surface area contributed by atoms with Crippen molar-refractivity contribution in [3.8, 4) is 0 Å². The second kappa shape index (κ2) is 3.23. The Kier molecular flexibility index (Phi) is 1.88. The zero-order valence-electron chi connectivity index (χ0n) is 8.77. The summed E-state index contributed by atoms with van der Waals surface area (Å²) in [5.41, 5.74) is 4.20. The lowest BCUT2D eigenvalue weighted by Crippen LogP contribution is -2.05. The molecule has 3 rings (SSSR count). The summed E-state index contributed by atoms with van der Waals surface area (Å²) in [7, 11) is 0. The summed E-state index contributed by atoms with van der Waals surface area (Å²) in [6, 6.07) is 8.73. The molecule has 1 heterocycles. The van der Waals surface area contributed by atoms with Crippen molar-refractivity contribution in [3.05, 3.63) is 53.6 Å². The molecule has 0 saturated heterocycles. The van der Waals surface area contributed by atoms with Crippen LogP contribution in [0.25, 0.3) is 0 Å². The van der Waals surface area contributed by atoms with E-state index in [-0.39, 0.29) is 0 Å². The van der Waals surface area contributed by atoms with E-state index < -0.39 is 0 Å². The van der Waals surface area contributed by atoms with Gasteiger partial charge in [0.15, 0.2) is 0 Å². The average molecular weight is 198 g/mol. The number of fused-ring (bicyclic) bond motifs is 1. The number of imidazole rings is 1. The molecule has 0 spiro atoms. The minimum atomic E-state index is 0.503. The van der Waals surface area contributed by atoms with E-state index in [1.54, 1.807) is 6.33 Å². The lowest BCUT2D eigenvalue weighted by atomic mass is 9.91. The third-order valence-electron chi connectivity index (χ3n) is 3.36. The van der Waals surface area contributed by atoms with Gasteiger partial charge in [-0.1, -0.05) is 31.2 Å². The van der Waals surface area contributed by atoms with Crippen LogP contribution in [0.2, 0.25) is 0 Å². The molecule has 1 N–H and O–H groups in total. The summed E-state index contributed by atoms with van der Waals surface area (Å²) in [4.78, 5) is 7.36. The molecule has 0 saturated carbocycles. The van der Waals surface area contributed by atoms with Crippen molar-refractivity contribution in [2.75, 3.05) is 0 Å². The van der Waals surface area contributed by atoms with Gasteiger partial charge in [0.25, 0.3) is 0 Å². The van der Waals surface area contributed by atoms with Crippen LogP contribution in [0.15, 0.2) is 36.8 Å². The van der Waals surface area contributed by atoms with Gasteiger partial charge in [0.2, 0.25) is 0 Å². The van der Waals surface area contributed by atoms with Gasteiger partial charge in [0.1, 0.15) is 0 Å². The Morgan fingerprint density at radius 3 is 3.00 bits per heavy atom. The molecule has 76 valence electrons. The van der Waals surface area contributed by atoms with E-state index >= 15 is 0 Å². The van der Waals surface area contributed by atoms with E-state index in [0.717, 1.165) is 0 Å². The lowest BCUT2D eigenvalue weighted by molar-refractivity contribution is 0.549. The Labute approximate surface area is 89.4 Å². The Balaban J connectivity index is 2.10. The Morgan fingerprint density at radius 2 is 2.20 bits per heavy atom. The molecule has 0 fully saturated rings. The number of aromatic amines is 1. The van der Waals surface area contributed by atoms with Gasteiger partial charge in [-0.25, -0.2) is 4.98 Å². The molecule has 15 heavy (non-hydrogen) atoms. The average Bonchev–Trinajstić information content (AvgIpc) is 2.82. The van der Waals surface area contributed by atoms with Crippen LogP contribution in [0.3, 0.4) is 0 Å². The summed E-state index contributed by atoms with van der Waals surface area (Å²) in [5.74, 6) is 1.17. The summed E-state index contributed by atoms with van der Waals surface area (Å²) >= 11 is 0. The van der Waals surface area contributed by atoms with Gasteiger partial charge in [-0.2, -0.15) is 0 Å². The lowest BCUT2D eigenvalue weighted by Gasteiger charge is -2.14. The molecule has 0 amide bonds. The summed E-state index contributed by atoms with van der Waals surface area (Å²) < 4.78 is 0. The highest BCUT2D eigenvalue weighted by atomic mass is 14.9. The summed E-state index contributed by atoms with van der Waals surface area (Å²) in [5, 5.41) is 0. The van der Waals surface area contributed by atoms with Gasteiger partial charge >= 0.3 is 0 Å². The first-order valence-corrected chi connectivity index (χ1v) is 5.42. The molecule has 2 unspecified atom stereocenters. The first-order valence-electron chi connectivity index (χ1n) is 5.42. The van der Waals surface area contributed by atoms with Crippen molar-refractivity contribution in [1.82, 2.24) is 9.97 Å².